The first kappa shape index (κ1) is 13.9. The number of hydrogen-bond acceptors (Lipinski definition) is 4. The molecule has 1 aliphatic rings. The highest BCUT2D eigenvalue weighted by Crippen LogP contribution is 2.19. The monoisotopic (exact) mass is 244 g/mol. The van der Waals surface area contributed by atoms with Crippen LogP contribution < -0.4 is 11.1 Å². The lowest BCUT2D eigenvalue weighted by atomic mass is 10.0. The van der Waals surface area contributed by atoms with Crippen molar-refractivity contribution in [1.29, 1.82) is 0 Å². The van der Waals surface area contributed by atoms with Crippen molar-refractivity contribution < 1.29 is 19.4 Å². The van der Waals surface area contributed by atoms with Crippen LogP contribution in [0.3, 0.4) is 0 Å². The molecule has 0 aromatic rings. The summed E-state index contributed by atoms with van der Waals surface area (Å²) in [6.07, 6.45) is 0.176. The first-order chi connectivity index (χ1) is 7.91. The van der Waals surface area contributed by atoms with Crippen LogP contribution in [0.15, 0.2) is 0 Å². The van der Waals surface area contributed by atoms with Crippen LogP contribution in [0.1, 0.15) is 26.7 Å². The largest absolute Gasteiger partial charge is 0.479 e. The average molecular weight is 244 g/mol. The third-order valence-corrected chi connectivity index (χ3v) is 2.91. The van der Waals surface area contributed by atoms with Crippen LogP contribution in [-0.4, -0.2) is 41.8 Å². The third kappa shape index (κ3) is 3.98. The summed E-state index contributed by atoms with van der Waals surface area (Å²) in [5.41, 5.74) is 5.67. The van der Waals surface area contributed by atoms with Gasteiger partial charge in [0, 0.05) is 6.54 Å². The summed E-state index contributed by atoms with van der Waals surface area (Å²) in [6.45, 7) is 4.07. The van der Waals surface area contributed by atoms with E-state index in [4.69, 9.17) is 15.6 Å². The molecular formula is C11H20N2O4. The Hall–Kier alpha value is -1.14. The molecule has 0 radical (unpaired) electrons. The molecule has 0 aromatic carbocycles. The van der Waals surface area contributed by atoms with Crippen molar-refractivity contribution in [1.82, 2.24) is 5.32 Å². The zero-order valence-electron chi connectivity index (χ0n) is 10.2. The molecule has 0 saturated carbocycles. The molecule has 17 heavy (non-hydrogen) atoms. The predicted octanol–water partition coefficient (Wildman–Crippen LogP) is -0.282. The van der Waals surface area contributed by atoms with Gasteiger partial charge in [-0.05, 0) is 18.8 Å². The van der Waals surface area contributed by atoms with Crippen LogP contribution in [0.25, 0.3) is 0 Å². The molecule has 3 atom stereocenters. The Kier molecular flexibility index (Phi) is 4.89. The molecule has 1 saturated heterocycles. The lowest BCUT2D eigenvalue weighted by Crippen LogP contribution is -2.46. The lowest BCUT2D eigenvalue weighted by molar-refractivity contribution is -0.149. The van der Waals surface area contributed by atoms with Gasteiger partial charge in [0.2, 0.25) is 5.91 Å². The van der Waals surface area contributed by atoms with Gasteiger partial charge in [-0.2, -0.15) is 0 Å². The molecule has 0 aromatic heterocycles. The minimum absolute atomic E-state index is 0.0752. The van der Waals surface area contributed by atoms with E-state index in [2.05, 4.69) is 5.32 Å². The van der Waals surface area contributed by atoms with E-state index in [1.807, 2.05) is 13.8 Å². The Labute approximate surface area is 101 Å². The van der Waals surface area contributed by atoms with Gasteiger partial charge in [0.25, 0.3) is 0 Å². The number of carbonyl (C=O) groups excluding carboxylic acids is 1. The summed E-state index contributed by atoms with van der Waals surface area (Å²) >= 11 is 0. The maximum absolute atomic E-state index is 11.5. The van der Waals surface area contributed by atoms with Gasteiger partial charge in [-0.3, -0.25) is 4.79 Å². The van der Waals surface area contributed by atoms with Gasteiger partial charge in [0.15, 0.2) is 6.10 Å². The summed E-state index contributed by atoms with van der Waals surface area (Å²) in [5, 5.41) is 11.4. The van der Waals surface area contributed by atoms with E-state index in [1.54, 1.807) is 0 Å². The van der Waals surface area contributed by atoms with Crippen LogP contribution in [0.5, 0.6) is 0 Å². The van der Waals surface area contributed by atoms with E-state index >= 15 is 0 Å². The minimum atomic E-state index is -0.947. The first-order valence-corrected chi connectivity index (χ1v) is 5.83. The van der Waals surface area contributed by atoms with Crippen molar-refractivity contribution in [2.45, 2.75) is 44.9 Å². The molecule has 1 aliphatic heterocycles. The topological polar surface area (TPSA) is 102 Å². The predicted molar refractivity (Wildman–Crippen MR) is 61.4 cm³/mol. The molecule has 1 fully saturated rings. The number of amides is 1. The second kappa shape index (κ2) is 5.97. The Balaban J connectivity index is 2.28. The number of carbonyl (C=O) groups is 2. The van der Waals surface area contributed by atoms with E-state index in [-0.39, 0.29) is 17.9 Å². The molecule has 0 bridgehead atoms. The molecular weight excluding hydrogens is 224 g/mol. The van der Waals surface area contributed by atoms with Gasteiger partial charge in [-0.15, -0.1) is 0 Å². The maximum atomic E-state index is 11.5. The Morgan fingerprint density at radius 2 is 2.12 bits per heavy atom. The van der Waals surface area contributed by atoms with Crippen LogP contribution in [0, 0.1) is 5.92 Å². The Morgan fingerprint density at radius 3 is 2.59 bits per heavy atom. The zero-order valence-corrected chi connectivity index (χ0v) is 10.2. The van der Waals surface area contributed by atoms with E-state index in [0.29, 0.717) is 19.4 Å². The molecule has 1 heterocycles. The fourth-order valence-electron chi connectivity index (χ4n) is 1.67. The SMILES string of the molecule is CC(C)[C@H](N)C(=O)NCC1CCC(C(=O)O)O1. The van der Waals surface area contributed by atoms with Crippen LogP contribution in [0.4, 0.5) is 0 Å². The van der Waals surface area contributed by atoms with Gasteiger partial charge in [-0.1, -0.05) is 13.8 Å². The molecule has 4 N–H and O–H groups in total. The highest BCUT2D eigenvalue weighted by atomic mass is 16.5. The number of aliphatic carboxylic acids is 1. The van der Waals surface area contributed by atoms with Gasteiger partial charge < -0.3 is 20.9 Å². The van der Waals surface area contributed by atoms with Crippen molar-refractivity contribution in [3.8, 4) is 0 Å². The van der Waals surface area contributed by atoms with Crippen molar-refractivity contribution in [2.24, 2.45) is 11.7 Å². The van der Waals surface area contributed by atoms with Gasteiger partial charge in [0.05, 0.1) is 12.1 Å². The standard InChI is InChI=1S/C11H20N2O4/c1-6(2)9(12)10(14)13-5-7-3-4-8(17-7)11(15)16/h6-9H,3-5,12H2,1-2H3,(H,13,14)(H,15,16)/t7?,8?,9-/m0/s1. The normalized spacial score (nSPS) is 25.9. The second-order valence-electron chi connectivity index (χ2n) is 4.68. The third-order valence-electron chi connectivity index (χ3n) is 2.91. The summed E-state index contributed by atoms with van der Waals surface area (Å²) in [5.74, 6) is -1.09. The molecule has 98 valence electrons. The van der Waals surface area contributed by atoms with Gasteiger partial charge in [-0.25, -0.2) is 4.79 Å². The number of nitrogens with two attached hydrogens (primary N) is 1. The van der Waals surface area contributed by atoms with Crippen molar-refractivity contribution in [2.75, 3.05) is 6.54 Å². The van der Waals surface area contributed by atoms with Crippen molar-refractivity contribution in [3.05, 3.63) is 0 Å². The first-order valence-electron chi connectivity index (χ1n) is 5.83. The quantitative estimate of drug-likeness (QED) is 0.617. The molecule has 6 nitrogen and oxygen atoms in total. The van der Waals surface area contributed by atoms with E-state index < -0.39 is 18.1 Å². The fraction of sp³-hybridized carbons (Fsp3) is 0.818. The zero-order chi connectivity index (χ0) is 13.0. The lowest BCUT2D eigenvalue weighted by Gasteiger charge is -2.17. The van der Waals surface area contributed by atoms with E-state index in [9.17, 15) is 9.59 Å². The average Bonchev–Trinajstić information content (AvgIpc) is 2.73. The minimum Gasteiger partial charge on any atom is -0.479 e. The van der Waals surface area contributed by atoms with Gasteiger partial charge >= 0.3 is 5.97 Å². The molecule has 6 heteroatoms. The summed E-state index contributed by atoms with van der Waals surface area (Å²) in [6, 6.07) is -0.535. The highest BCUT2D eigenvalue weighted by Gasteiger charge is 2.30. The second-order valence-corrected chi connectivity index (χ2v) is 4.68. The highest BCUT2D eigenvalue weighted by molar-refractivity contribution is 5.81. The number of rotatable bonds is 5. The maximum Gasteiger partial charge on any atom is 0.332 e. The summed E-state index contributed by atoms with van der Waals surface area (Å²) in [7, 11) is 0. The number of carboxylic acids is 1. The van der Waals surface area contributed by atoms with E-state index in [1.165, 1.54) is 0 Å². The number of carboxylic acid groups (broad SMARTS) is 1. The van der Waals surface area contributed by atoms with Crippen LogP contribution in [0.2, 0.25) is 0 Å². The number of ether oxygens (including phenoxy) is 1. The number of nitrogens with one attached hydrogen (secondary N) is 1. The molecule has 1 rings (SSSR count). The van der Waals surface area contributed by atoms with Crippen molar-refractivity contribution >= 4 is 11.9 Å². The Bertz CT molecular complexity index is 293. The summed E-state index contributed by atoms with van der Waals surface area (Å²) < 4.78 is 5.26. The van der Waals surface area contributed by atoms with Crippen molar-refractivity contribution in [3.63, 3.8) is 0 Å². The smallest absolute Gasteiger partial charge is 0.332 e. The van der Waals surface area contributed by atoms with E-state index in [0.717, 1.165) is 0 Å². The van der Waals surface area contributed by atoms with Gasteiger partial charge in [0.1, 0.15) is 0 Å². The Morgan fingerprint density at radius 1 is 1.47 bits per heavy atom. The molecule has 0 spiro atoms. The molecule has 0 aliphatic carbocycles. The van der Waals surface area contributed by atoms with Crippen LogP contribution >= 0.6 is 0 Å². The molecule has 1 amide bonds. The fourth-order valence-corrected chi connectivity index (χ4v) is 1.67. The summed E-state index contributed by atoms with van der Waals surface area (Å²) in [4.78, 5) is 22.2. The molecule has 2 unspecified atom stereocenters. The van der Waals surface area contributed by atoms with Crippen LogP contribution in [-0.2, 0) is 14.3 Å². The number of hydrogen-bond donors (Lipinski definition) is 3.